The highest BCUT2D eigenvalue weighted by Gasteiger charge is 2.01. The van der Waals surface area contributed by atoms with Crippen molar-refractivity contribution in [2.24, 2.45) is 0 Å². The summed E-state index contributed by atoms with van der Waals surface area (Å²) in [5, 5.41) is 8.84. The maximum absolute atomic E-state index is 8.36. The molecule has 1 rings (SSSR count). The van der Waals surface area contributed by atoms with E-state index in [-0.39, 0.29) is 0 Å². The van der Waals surface area contributed by atoms with Gasteiger partial charge >= 0.3 is 0 Å². The van der Waals surface area contributed by atoms with Gasteiger partial charge in [-0.25, -0.2) is 4.98 Å². The Hall–Kier alpha value is -0.590. The first-order valence-corrected chi connectivity index (χ1v) is 4.58. The van der Waals surface area contributed by atoms with E-state index in [1.54, 1.807) is 6.20 Å². The normalized spacial score (nSPS) is 9.42. The van der Waals surface area contributed by atoms with E-state index in [9.17, 15) is 0 Å². The summed E-state index contributed by atoms with van der Waals surface area (Å²) in [6, 6.07) is 3.94. The summed E-state index contributed by atoms with van der Waals surface area (Å²) in [6.07, 6.45) is 2.76. The third-order valence-electron chi connectivity index (χ3n) is 1.38. The summed E-state index contributed by atoms with van der Waals surface area (Å²) >= 11 is 9.07. The van der Waals surface area contributed by atoms with Gasteiger partial charge in [0.25, 0.3) is 0 Å². The maximum Gasteiger partial charge on any atom is 0.132 e. The number of aromatic nitrogens is 1. The average molecular weight is 246 g/mol. The van der Waals surface area contributed by atoms with Gasteiger partial charge in [-0.2, -0.15) is 5.26 Å². The second-order valence-electron chi connectivity index (χ2n) is 2.26. The van der Waals surface area contributed by atoms with E-state index in [1.807, 2.05) is 6.07 Å². The molecular weight excluding hydrogens is 239 g/mol. The van der Waals surface area contributed by atoms with Crippen LogP contribution in [0.25, 0.3) is 0 Å². The number of rotatable bonds is 2. The Morgan fingerprint density at radius 1 is 1.67 bits per heavy atom. The fourth-order valence-corrected chi connectivity index (χ4v) is 1.41. The summed E-state index contributed by atoms with van der Waals surface area (Å²) in [5.41, 5.74) is 0.910. The monoisotopic (exact) mass is 244 g/mol. The molecule has 62 valence electrons. The van der Waals surface area contributed by atoms with Crippen molar-refractivity contribution >= 4 is 27.5 Å². The minimum absolute atomic E-state index is 0.470. The SMILES string of the molecule is N#CCCc1cc(Br)cnc1Cl. The molecule has 0 unspecified atom stereocenters. The largest absolute Gasteiger partial charge is 0.243 e. The smallest absolute Gasteiger partial charge is 0.132 e. The van der Waals surface area contributed by atoms with E-state index < -0.39 is 0 Å². The number of pyridine rings is 1. The molecule has 0 saturated carbocycles. The summed E-state index contributed by atoms with van der Waals surface area (Å²) in [6.45, 7) is 0. The Balaban J connectivity index is 2.84. The molecule has 0 spiro atoms. The number of halogens is 2. The van der Waals surface area contributed by atoms with Crippen LogP contribution in [0.15, 0.2) is 16.7 Å². The first-order chi connectivity index (χ1) is 5.74. The van der Waals surface area contributed by atoms with Crippen LogP contribution >= 0.6 is 27.5 Å². The lowest BCUT2D eigenvalue weighted by Crippen LogP contribution is -1.88. The summed E-state index contributed by atoms with van der Waals surface area (Å²) in [5.74, 6) is 0. The number of nitriles is 1. The van der Waals surface area contributed by atoms with Crippen molar-refractivity contribution in [2.75, 3.05) is 0 Å². The Labute approximate surface area is 84.3 Å². The molecule has 0 aromatic carbocycles. The van der Waals surface area contributed by atoms with Gasteiger partial charge in [-0.05, 0) is 34.0 Å². The lowest BCUT2D eigenvalue weighted by atomic mass is 10.2. The number of nitrogens with zero attached hydrogens (tertiary/aromatic N) is 2. The fourth-order valence-electron chi connectivity index (χ4n) is 0.830. The first-order valence-electron chi connectivity index (χ1n) is 3.41. The Morgan fingerprint density at radius 3 is 3.08 bits per heavy atom. The van der Waals surface area contributed by atoms with Gasteiger partial charge in [0.05, 0.1) is 6.07 Å². The van der Waals surface area contributed by atoms with Crippen LogP contribution in [0.3, 0.4) is 0 Å². The van der Waals surface area contributed by atoms with Gasteiger partial charge in [0.1, 0.15) is 5.15 Å². The number of aryl methyl sites for hydroxylation is 1. The Morgan fingerprint density at radius 2 is 2.42 bits per heavy atom. The van der Waals surface area contributed by atoms with Crippen molar-refractivity contribution in [2.45, 2.75) is 12.8 Å². The molecular formula is C8H6BrClN2. The van der Waals surface area contributed by atoms with Crippen LogP contribution in [0, 0.1) is 11.3 Å². The molecule has 2 nitrogen and oxygen atoms in total. The highest BCUT2D eigenvalue weighted by atomic mass is 79.9. The van der Waals surface area contributed by atoms with E-state index in [4.69, 9.17) is 16.9 Å². The van der Waals surface area contributed by atoms with Crippen LogP contribution in [0.5, 0.6) is 0 Å². The Bertz CT molecular complexity index is 319. The zero-order valence-electron chi connectivity index (χ0n) is 6.22. The predicted molar refractivity (Wildman–Crippen MR) is 50.9 cm³/mol. The number of hydrogen-bond donors (Lipinski definition) is 0. The summed E-state index contributed by atoms with van der Waals surface area (Å²) in [7, 11) is 0. The topological polar surface area (TPSA) is 36.7 Å². The van der Waals surface area contributed by atoms with Crippen molar-refractivity contribution in [3.05, 3.63) is 27.5 Å². The van der Waals surface area contributed by atoms with Gasteiger partial charge in [0.2, 0.25) is 0 Å². The third-order valence-corrected chi connectivity index (χ3v) is 2.16. The molecule has 0 amide bonds. The lowest BCUT2D eigenvalue weighted by Gasteiger charge is -1.99. The van der Waals surface area contributed by atoms with Crippen LogP contribution in [-0.4, -0.2) is 4.98 Å². The average Bonchev–Trinajstić information content (AvgIpc) is 2.07. The second-order valence-corrected chi connectivity index (χ2v) is 3.54. The van der Waals surface area contributed by atoms with Crippen molar-refractivity contribution < 1.29 is 0 Å². The van der Waals surface area contributed by atoms with E-state index in [2.05, 4.69) is 27.0 Å². The van der Waals surface area contributed by atoms with Gasteiger partial charge in [0.15, 0.2) is 0 Å². The van der Waals surface area contributed by atoms with Crippen LogP contribution in [0.1, 0.15) is 12.0 Å². The molecule has 0 atom stereocenters. The first kappa shape index (κ1) is 9.50. The predicted octanol–water partition coefficient (Wildman–Crippen LogP) is 2.95. The van der Waals surface area contributed by atoms with Crippen molar-refractivity contribution in [1.29, 1.82) is 5.26 Å². The van der Waals surface area contributed by atoms with Crippen LogP contribution in [-0.2, 0) is 6.42 Å². The zero-order chi connectivity index (χ0) is 8.97. The van der Waals surface area contributed by atoms with Gasteiger partial charge in [-0.15, -0.1) is 0 Å². The number of hydrogen-bond acceptors (Lipinski definition) is 2. The molecule has 0 aliphatic heterocycles. The maximum atomic E-state index is 8.36. The Kier molecular flexibility index (Phi) is 3.51. The fraction of sp³-hybridized carbons (Fsp3) is 0.250. The molecule has 0 saturated heterocycles. The van der Waals surface area contributed by atoms with Crippen LogP contribution in [0.4, 0.5) is 0 Å². The van der Waals surface area contributed by atoms with Crippen LogP contribution < -0.4 is 0 Å². The molecule has 1 aromatic heterocycles. The standard InChI is InChI=1S/C8H6BrClN2/c9-7-4-6(2-1-3-11)8(10)12-5-7/h4-5H,1-2H2. The quantitative estimate of drug-likeness (QED) is 0.751. The molecule has 4 heteroatoms. The summed E-state index contributed by atoms with van der Waals surface area (Å²) in [4.78, 5) is 3.94. The highest BCUT2D eigenvalue weighted by molar-refractivity contribution is 9.10. The van der Waals surface area contributed by atoms with Gasteiger partial charge in [-0.3, -0.25) is 0 Å². The molecule has 0 fully saturated rings. The molecule has 1 heterocycles. The third kappa shape index (κ3) is 2.47. The van der Waals surface area contributed by atoms with E-state index >= 15 is 0 Å². The molecule has 0 aliphatic rings. The molecule has 0 N–H and O–H groups in total. The van der Waals surface area contributed by atoms with E-state index in [0.29, 0.717) is 18.0 Å². The molecule has 0 radical (unpaired) electrons. The van der Waals surface area contributed by atoms with Crippen molar-refractivity contribution in [3.8, 4) is 6.07 Å². The molecule has 0 aliphatic carbocycles. The van der Waals surface area contributed by atoms with Gasteiger partial charge in [-0.1, -0.05) is 11.6 Å². The second kappa shape index (κ2) is 4.44. The zero-order valence-corrected chi connectivity index (χ0v) is 8.56. The summed E-state index contributed by atoms with van der Waals surface area (Å²) < 4.78 is 0.889. The van der Waals surface area contributed by atoms with Crippen molar-refractivity contribution in [3.63, 3.8) is 0 Å². The lowest BCUT2D eigenvalue weighted by molar-refractivity contribution is 0.994. The van der Waals surface area contributed by atoms with Gasteiger partial charge < -0.3 is 0 Å². The minimum atomic E-state index is 0.470. The van der Waals surface area contributed by atoms with Crippen molar-refractivity contribution in [1.82, 2.24) is 4.98 Å². The minimum Gasteiger partial charge on any atom is -0.243 e. The van der Waals surface area contributed by atoms with E-state index in [0.717, 1.165) is 10.0 Å². The highest BCUT2D eigenvalue weighted by Crippen LogP contribution is 2.18. The van der Waals surface area contributed by atoms with E-state index in [1.165, 1.54) is 0 Å². The van der Waals surface area contributed by atoms with Gasteiger partial charge in [0, 0.05) is 17.1 Å². The van der Waals surface area contributed by atoms with Crippen LogP contribution in [0.2, 0.25) is 5.15 Å². The molecule has 0 bridgehead atoms. The molecule has 1 aromatic rings. The molecule has 12 heavy (non-hydrogen) atoms.